The van der Waals surface area contributed by atoms with Gasteiger partial charge in [0.1, 0.15) is 22.9 Å². The smallest absolute Gasteiger partial charge is 0.295 e. The van der Waals surface area contributed by atoms with E-state index < -0.39 is 5.91 Å². The van der Waals surface area contributed by atoms with E-state index >= 15 is 0 Å². The molecular formula is C22H23N5O3S. The summed E-state index contributed by atoms with van der Waals surface area (Å²) in [4.78, 5) is 45.1. The van der Waals surface area contributed by atoms with Crippen molar-refractivity contribution < 1.29 is 4.79 Å². The van der Waals surface area contributed by atoms with Gasteiger partial charge < -0.3 is 5.32 Å². The summed E-state index contributed by atoms with van der Waals surface area (Å²) >= 11 is 1.47. The van der Waals surface area contributed by atoms with Crippen LogP contribution in [0.1, 0.15) is 22.0 Å². The summed E-state index contributed by atoms with van der Waals surface area (Å²) in [6.07, 6.45) is 0. The molecule has 4 aromatic rings. The number of thiophene rings is 1. The Kier molecular flexibility index (Phi) is 5.14. The Labute approximate surface area is 182 Å². The molecule has 0 saturated carbocycles. The van der Waals surface area contributed by atoms with Crippen LogP contribution >= 0.6 is 11.3 Å². The third-order valence-corrected chi connectivity index (χ3v) is 6.70. The number of anilines is 1. The van der Waals surface area contributed by atoms with Gasteiger partial charge in [-0.25, -0.2) is 9.67 Å². The van der Waals surface area contributed by atoms with Crippen molar-refractivity contribution in [3.05, 3.63) is 73.0 Å². The van der Waals surface area contributed by atoms with E-state index in [1.165, 1.54) is 20.6 Å². The SMILES string of the molecule is Cc1sc2nc(C)n(CC(=O)Nc3c(C)n(C)n(-c4ccccc4)c3=O)c(=O)c2c1C. The molecule has 0 aliphatic carbocycles. The van der Waals surface area contributed by atoms with Crippen molar-refractivity contribution in [2.75, 3.05) is 5.32 Å². The van der Waals surface area contributed by atoms with E-state index in [0.717, 1.165) is 10.4 Å². The lowest BCUT2D eigenvalue weighted by Crippen LogP contribution is -2.31. The van der Waals surface area contributed by atoms with Gasteiger partial charge in [0.2, 0.25) is 5.91 Å². The van der Waals surface area contributed by atoms with Crippen molar-refractivity contribution in [1.82, 2.24) is 18.9 Å². The second kappa shape index (κ2) is 7.66. The van der Waals surface area contributed by atoms with Crippen LogP contribution in [0.3, 0.4) is 0 Å². The molecule has 1 aromatic carbocycles. The predicted octanol–water partition coefficient (Wildman–Crippen LogP) is 2.82. The van der Waals surface area contributed by atoms with E-state index in [1.807, 2.05) is 44.2 Å². The molecule has 9 heteroatoms. The highest BCUT2D eigenvalue weighted by molar-refractivity contribution is 7.18. The number of amides is 1. The molecule has 0 aliphatic heterocycles. The number of benzene rings is 1. The summed E-state index contributed by atoms with van der Waals surface area (Å²) in [5.74, 6) is 0.00217. The second-order valence-electron chi connectivity index (χ2n) is 7.50. The lowest BCUT2D eigenvalue weighted by Gasteiger charge is -2.10. The first-order valence-corrected chi connectivity index (χ1v) is 10.6. The zero-order chi connectivity index (χ0) is 22.4. The molecule has 0 radical (unpaired) electrons. The summed E-state index contributed by atoms with van der Waals surface area (Å²) in [7, 11) is 1.76. The minimum atomic E-state index is -0.457. The van der Waals surface area contributed by atoms with Gasteiger partial charge in [-0.3, -0.25) is 23.6 Å². The minimum absolute atomic E-state index is 0.193. The standard InChI is InChI=1S/C22H23N5O3S/c1-12-14(3)31-20-18(12)21(29)26(15(4)23-20)11-17(28)24-19-13(2)25(5)27(22(19)30)16-9-7-6-8-10-16/h6-10H,11H2,1-5H3,(H,24,28). The van der Waals surface area contributed by atoms with Crippen molar-refractivity contribution in [1.29, 1.82) is 0 Å². The molecule has 0 aliphatic rings. The number of carbonyl (C=O) groups is 1. The van der Waals surface area contributed by atoms with Gasteiger partial charge >= 0.3 is 0 Å². The molecule has 31 heavy (non-hydrogen) atoms. The Morgan fingerprint density at radius 3 is 2.42 bits per heavy atom. The van der Waals surface area contributed by atoms with Gasteiger partial charge in [0.05, 0.1) is 16.8 Å². The van der Waals surface area contributed by atoms with Gasteiger partial charge in [0, 0.05) is 11.9 Å². The van der Waals surface area contributed by atoms with E-state index in [4.69, 9.17) is 0 Å². The third kappa shape index (κ3) is 3.40. The topological polar surface area (TPSA) is 90.9 Å². The largest absolute Gasteiger partial charge is 0.318 e. The summed E-state index contributed by atoms with van der Waals surface area (Å²) in [6.45, 7) is 7.08. The number of nitrogens with one attached hydrogen (secondary N) is 1. The molecule has 160 valence electrons. The molecule has 0 bridgehead atoms. The van der Waals surface area contributed by atoms with E-state index in [2.05, 4.69) is 10.3 Å². The highest BCUT2D eigenvalue weighted by Gasteiger charge is 2.20. The van der Waals surface area contributed by atoms with Crippen LogP contribution in [-0.4, -0.2) is 24.8 Å². The number of aryl methyl sites for hydroxylation is 3. The molecule has 4 rings (SSSR count). The number of rotatable bonds is 4. The van der Waals surface area contributed by atoms with Crippen molar-refractivity contribution in [3.63, 3.8) is 0 Å². The maximum absolute atomic E-state index is 13.0. The first kappa shape index (κ1) is 20.8. The lowest BCUT2D eigenvalue weighted by molar-refractivity contribution is -0.116. The van der Waals surface area contributed by atoms with E-state index in [1.54, 1.807) is 25.6 Å². The molecule has 8 nitrogen and oxygen atoms in total. The number of aromatic nitrogens is 4. The summed E-state index contributed by atoms with van der Waals surface area (Å²) in [5.41, 5.74) is 1.82. The van der Waals surface area contributed by atoms with Crippen LogP contribution in [0.25, 0.3) is 15.9 Å². The predicted molar refractivity (Wildman–Crippen MR) is 122 cm³/mol. The maximum atomic E-state index is 13.0. The average molecular weight is 438 g/mol. The number of carbonyl (C=O) groups excluding carboxylic acids is 1. The normalized spacial score (nSPS) is 11.3. The minimum Gasteiger partial charge on any atom is -0.318 e. The quantitative estimate of drug-likeness (QED) is 0.532. The Hall–Kier alpha value is -3.46. The number of hydrogen-bond donors (Lipinski definition) is 1. The van der Waals surface area contributed by atoms with Crippen LogP contribution in [0.4, 0.5) is 5.69 Å². The summed E-state index contributed by atoms with van der Waals surface area (Å²) in [5, 5.41) is 3.25. The molecule has 0 atom stereocenters. The van der Waals surface area contributed by atoms with Gasteiger partial charge in [-0.1, -0.05) is 18.2 Å². The molecule has 1 amide bonds. The van der Waals surface area contributed by atoms with Crippen LogP contribution in [0.15, 0.2) is 39.9 Å². The van der Waals surface area contributed by atoms with E-state index in [0.29, 0.717) is 27.4 Å². The van der Waals surface area contributed by atoms with E-state index in [9.17, 15) is 14.4 Å². The van der Waals surface area contributed by atoms with Crippen molar-refractivity contribution in [3.8, 4) is 5.69 Å². The first-order chi connectivity index (χ1) is 14.7. The Bertz CT molecular complexity index is 1440. The molecule has 3 heterocycles. The van der Waals surface area contributed by atoms with Gasteiger partial charge in [0.15, 0.2) is 0 Å². The van der Waals surface area contributed by atoms with Crippen LogP contribution < -0.4 is 16.4 Å². The Balaban J connectivity index is 1.69. The van der Waals surface area contributed by atoms with E-state index in [-0.39, 0.29) is 23.4 Å². The maximum Gasteiger partial charge on any atom is 0.295 e. The van der Waals surface area contributed by atoms with Gasteiger partial charge in [0.25, 0.3) is 11.1 Å². The van der Waals surface area contributed by atoms with Crippen LogP contribution in [0, 0.1) is 27.7 Å². The molecule has 1 N–H and O–H groups in total. The molecule has 3 aromatic heterocycles. The number of hydrogen-bond acceptors (Lipinski definition) is 5. The highest BCUT2D eigenvalue weighted by Crippen LogP contribution is 2.26. The fourth-order valence-electron chi connectivity index (χ4n) is 3.65. The highest BCUT2D eigenvalue weighted by atomic mass is 32.1. The molecule has 0 unspecified atom stereocenters. The van der Waals surface area contributed by atoms with Crippen molar-refractivity contribution in [2.24, 2.45) is 7.05 Å². The van der Waals surface area contributed by atoms with Gasteiger partial charge in [-0.2, -0.15) is 0 Å². The van der Waals surface area contributed by atoms with Crippen molar-refractivity contribution >= 4 is 33.1 Å². The van der Waals surface area contributed by atoms with Crippen LogP contribution in [0.2, 0.25) is 0 Å². The molecule has 0 fully saturated rings. The zero-order valence-electron chi connectivity index (χ0n) is 18.0. The monoisotopic (exact) mass is 437 g/mol. The third-order valence-electron chi connectivity index (χ3n) is 5.60. The van der Waals surface area contributed by atoms with Crippen LogP contribution in [-0.2, 0) is 18.4 Å². The molecule has 0 saturated heterocycles. The average Bonchev–Trinajstić information content (AvgIpc) is 3.13. The van der Waals surface area contributed by atoms with Crippen molar-refractivity contribution in [2.45, 2.75) is 34.2 Å². The lowest BCUT2D eigenvalue weighted by atomic mass is 10.2. The Morgan fingerprint density at radius 2 is 1.74 bits per heavy atom. The Morgan fingerprint density at radius 1 is 1.06 bits per heavy atom. The molecule has 0 spiro atoms. The van der Waals surface area contributed by atoms with Gasteiger partial charge in [-0.15, -0.1) is 11.3 Å². The number of para-hydroxylation sites is 1. The zero-order valence-corrected chi connectivity index (χ0v) is 18.8. The number of nitrogens with zero attached hydrogens (tertiary/aromatic N) is 4. The second-order valence-corrected chi connectivity index (χ2v) is 8.70. The van der Waals surface area contributed by atoms with Crippen LogP contribution in [0.5, 0.6) is 0 Å². The number of fused-ring (bicyclic) bond motifs is 1. The fourth-order valence-corrected chi connectivity index (χ4v) is 4.72. The van der Waals surface area contributed by atoms with Gasteiger partial charge in [-0.05, 0) is 45.4 Å². The fraction of sp³-hybridized carbons (Fsp3) is 0.273. The summed E-state index contributed by atoms with van der Waals surface area (Å²) in [6, 6.07) is 9.20. The first-order valence-electron chi connectivity index (χ1n) is 9.81. The molecular weight excluding hydrogens is 414 g/mol. The summed E-state index contributed by atoms with van der Waals surface area (Å²) < 4.78 is 4.54.